The van der Waals surface area contributed by atoms with Crippen LogP contribution in [0, 0.1) is 5.92 Å². The number of sulfonamides is 1. The second kappa shape index (κ2) is 9.15. The summed E-state index contributed by atoms with van der Waals surface area (Å²) in [5.41, 5.74) is 0. The van der Waals surface area contributed by atoms with Crippen LogP contribution in [0.15, 0.2) is 17.6 Å². The van der Waals surface area contributed by atoms with E-state index in [1.54, 1.807) is 4.31 Å². The Morgan fingerprint density at radius 2 is 2.27 bits per heavy atom. The lowest BCUT2D eigenvalue weighted by Crippen LogP contribution is -2.39. The smallest absolute Gasteiger partial charge is 0.211 e. The normalized spacial score (nSPS) is 20.1. The number of hydrogen-bond donors (Lipinski definition) is 1. The summed E-state index contributed by atoms with van der Waals surface area (Å²) in [5, 5.41) is 3.29. The first kappa shape index (κ1) is 19.0. The highest BCUT2D eigenvalue weighted by atomic mass is 32.2. The number of allylic oxidation sites excluding steroid dienone is 1. The van der Waals surface area contributed by atoms with Crippen molar-refractivity contribution in [2.45, 2.75) is 26.2 Å². The molecule has 128 valence electrons. The molecule has 0 bridgehead atoms. The molecular formula is C15H30N4O2S. The summed E-state index contributed by atoms with van der Waals surface area (Å²) in [6.07, 6.45) is 6.13. The van der Waals surface area contributed by atoms with Gasteiger partial charge in [0.25, 0.3) is 0 Å². The Labute approximate surface area is 135 Å². The van der Waals surface area contributed by atoms with Gasteiger partial charge in [0.2, 0.25) is 10.0 Å². The number of unbranched alkanes of at least 4 members (excludes halogenated alkanes) is 1. The van der Waals surface area contributed by atoms with Gasteiger partial charge in [-0.2, -0.15) is 0 Å². The molecule has 22 heavy (non-hydrogen) atoms. The van der Waals surface area contributed by atoms with Crippen LogP contribution in [0.4, 0.5) is 0 Å². The molecule has 0 saturated carbocycles. The number of guanidine groups is 1. The number of hydrogen-bond acceptors (Lipinski definition) is 3. The van der Waals surface area contributed by atoms with Gasteiger partial charge in [0, 0.05) is 39.8 Å². The monoisotopic (exact) mass is 330 g/mol. The first-order valence-corrected chi connectivity index (χ1v) is 9.78. The molecule has 7 heteroatoms. The zero-order valence-electron chi connectivity index (χ0n) is 14.1. The standard InChI is InChI=1S/C15H30N4O2S/c1-5-7-8-10-18(3)15(16-6-2)17-12-14-9-11-19(13-14)22(4,20)21/h5,14H,1,6-13H2,2-4H3,(H,16,17). The van der Waals surface area contributed by atoms with Crippen molar-refractivity contribution in [2.75, 3.05) is 46.0 Å². The van der Waals surface area contributed by atoms with Crippen molar-refractivity contribution in [1.29, 1.82) is 0 Å². The summed E-state index contributed by atoms with van der Waals surface area (Å²) < 4.78 is 24.6. The number of nitrogens with one attached hydrogen (secondary N) is 1. The van der Waals surface area contributed by atoms with Gasteiger partial charge >= 0.3 is 0 Å². The summed E-state index contributed by atoms with van der Waals surface area (Å²) in [7, 11) is -1.04. The van der Waals surface area contributed by atoms with E-state index >= 15 is 0 Å². The predicted molar refractivity (Wildman–Crippen MR) is 92.6 cm³/mol. The number of nitrogens with zero attached hydrogens (tertiary/aromatic N) is 3. The quantitative estimate of drug-likeness (QED) is 0.314. The van der Waals surface area contributed by atoms with E-state index < -0.39 is 10.0 Å². The summed E-state index contributed by atoms with van der Waals surface area (Å²) in [4.78, 5) is 6.80. The molecule has 1 unspecified atom stereocenters. The van der Waals surface area contributed by atoms with E-state index in [0.717, 1.165) is 38.3 Å². The van der Waals surface area contributed by atoms with E-state index in [4.69, 9.17) is 0 Å². The molecule has 0 amide bonds. The lowest BCUT2D eigenvalue weighted by molar-refractivity contribution is 0.454. The molecule has 1 aliphatic heterocycles. The largest absolute Gasteiger partial charge is 0.357 e. The van der Waals surface area contributed by atoms with Gasteiger partial charge in [0.05, 0.1) is 6.26 Å². The second-order valence-electron chi connectivity index (χ2n) is 5.82. The maximum atomic E-state index is 11.5. The minimum absolute atomic E-state index is 0.310. The van der Waals surface area contributed by atoms with E-state index in [1.165, 1.54) is 6.26 Å². The van der Waals surface area contributed by atoms with Crippen molar-refractivity contribution in [2.24, 2.45) is 10.9 Å². The van der Waals surface area contributed by atoms with Gasteiger partial charge in [-0.05, 0) is 32.1 Å². The molecule has 0 aromatic rings. The van der Waals surface area contributed by atoms with Crippen LogP contribution in [0.3, 0.4) is 0 Å². The lowest BCUT2D eigenvalue weighted by atomic mass is 10.1. The van der Waals surface area contributed by atoms with Crippen LogP contribution in [-0.4, -0.2) is 69.6 Å². The van der Waals surface area contributed by atoms with Gasteiger partial charge < -0.3 is 10.2 Å². The number of aliphatic imine (C=N–C) groups is 1. The Bertz CT molecular complexity index is 476. The van der Waals surface area contributed by atoms with E-state index in [0.29, 0.717) is 25.6 Å². The fourth-order valence-corrected chi connectivity index (χ4v) is 3.43. The minimum atomic E-state index is -3.07. The topological polar surface area (TPSA) is 65.0 Å². The van der Waals surface area contributed by atoms with Gasteiger partial charge in [0.1, 0.15) is 0 Å². The first-order chi connectivity index (χ1) is 10.4. The molecule has 0 spiro atoms. The average molecular weight is 330 g/mol. The van der Waals surface area contributed by atoms with Crippen molar-refractivity contribution in [3.63, 3.8) is 0 Å². The Morgan fingerprint density at radius 1 is 1.55 bits per heavy atom. The second-order valence-corrected chi connectivity index (χ2v) is 7.81. The van der Waals surface area contributed by atoms with E-state index in [1.807, 2.05) is 20.0 Å². The fraction of sp³-hybridized carbons (Fsp3) is 0.800. The van der Waals surface area contributed by atoms with Crippen LogP contribution in [0.2, 0.25) is 0 Å². The third-order valence-electron chi connectivity index (χ3n) is 3.82. The highest BCUT2D eigenvalue weighted by molar-refractivity contribution is 7.88. The molecule has 1 saturated heterocycles. The van der Waals surface area contributed by atoms with Gasteiger partial charge in [-0.25, -0.2) is 12.7 Å². The zero-order chi connectivity index (χ0) is 16.6. The van der Waals surface area contributed by atoms with Crippen LogP contribution in [-0.2, 0) is 10.0 Å². The fourth-order valence-electron chi connectivity index (χ4n) is 2.51. The van der Waals surface area contributed by atoms with Crippen LogP contribution in [0.5, 0.6) is 0 Å². The Balaban J connectivity index is 2.53. The van der Waals surface area contributed by atoms with Crippen LogP contribution in [0.1, 0.15) is 26.2 Å². The molecule has 0 aliphatic carbocycles. The molecular weight excluding hydrogens is 300 g/mol. The van der Waals surface area contributed by atoms with Gasteiger partial charge in [-0.1, -0.05) is 6.08 Å². The van der Waals surface area contributed by atoms with E-state index in [-0.39, 0.29) is 0 Å². The first-order valence-electron chi connectivity index (χ1n) is 7.94. The molecule has 1 rings (SSSR count). The average Bonchev–Trinajstić information content (AvgIpc) is 2.92. The third-order valence-corrected chi connectivity index (χ3v) is 5.08. The highest BCUT2D eigenvalue weighted by Crippen LogP contribution is 2.18. The molecule has 0 aromatic heterocycles. The predicted octanol–water partition coefficient (Wildman–Crippen LogP) is 1.13. The third kappa shape index (κ3) is 6.36. The van der Waals surface area contributed by atoms with Crippen molar-refractivity contribution in [1.82, 2.24) is 14.5 Å². The molecule has 1 N–H and O–H groups in total. The summed E-state index contributed by atoms with van der Waals surface area (Å²) in [6, 6.07) is 0. The van der Waals surface area contributed by atoms with E-state index in [9.17, 15) is 8.42 Å². The summed E-state index contributed by atoms with van der Waals surface area (Å²) in [6.45, 7) is 9.41. The van der Waals surface area contributed by atoms with Gasteiger partial charge in [-0.3, -0.25) is 4.99 Å². The van der Waals surface area contributed by atoms with Crippen LogP contribution < -0.4 is 5.32 Å². The van der Waals surface area contributed by atoms with Gasteiger partial charge in [0.15, 0.2) is 5.96 Å². The van der Waals surface area contributed by atoms with Crippen molar-refractivity contribution in [3.8, 4) is 0 Å². The zero-order valence-corrected chi connectivity index (χ0v) is 14.9. The van der Waals surface area contributed by atoms with Gasteiger partial charge in [-0.15, -0.1) is 6.58 Å². The summed E-state index contributed by atoms with van der Waals surface area (Å²) in [5.74, 6) is 1.20. The molecule has 1 fully saturated rings. The Morgan fingerprint density at radius 3 is 2.82 bits per heavy atom. The SMILES string of the molecule is C=CCCCN(C)C(=NCC1CCN(S(C)(=O)=O)C1)NCC. The van der Waals surface area contributed by atoms with Crippen LogP contribution in [0.25, 0.3) is 0 Å². The lowest BCUT2D eigenvalue weighted by Gasteiger charge is -2.22. The molecule has 1 atom stereocenters. The molecule has 1 heterocycles. The van der Waals surface area contributed by atoms with E-state index in [2.05, 4.69) is 21.8 Å². The molecule has 6 nitrogen and oxygen atoms in total. The number of rotatable bonds is 8. The van der Waals surface area contributed by atoms with Crippen molar-refractivity contribution < 1.29 is 8.42 Å². The Hall–Kier alpha value is -1.08. The maximum absolute atomic E-state index is 11.5. The van der Waals surface area contributed by atoms with Crippen molar-refractivity contribution in [3.05, 3.63) is 12.7 Å². The molecule has 0 aromatic carbocycles. The van der Waals surface area contributed by atoms with Crippen molar-refractivity contribution >= 4 is 16.0 Å². The highest BCUT2D eigenvalue weighted by Gasteiger charge is 2.28. The van der Waals surface area contributed by atoms with Crippen LogP contribution >= 0.6 is 0 Å². The molecule has 1 aliphatic rings. The summed E-state index contributed by atoms with van der Waals surface area (Å²) >= 11 is 0. The Kier molecular flexibility index (Phi) is 7.89. The maximum Gasteiger partial charge on any atom is 0.211 e. The molecule has 0 radical (unpaired) electrons. The minimum Gasteiger partial charge on any atom is -0.357 e.